The molecular formula is C16H28N2O2. The molecule has 114 valence electrons. The van der Waals surface area contributed by atoms with E-state index in [0.717, 1.165) is 23.5 Å². The number of hydrogen-bond donors (Lipinski definition) is 2. The van der Waals surface area contributed by atoms with Crippen LogP contribution in [0.4, 0.5) is 0 Å². The van der Waals surface area contributed by atoms with Crippen molar-refractivity contribution in [2.24, 2.45) is 5.84 Å². The summed E-state index contributed by atoms with van der Waals surface area (Å²) in [4.78, 5) is 0. The monoisotopic (exact) mass is 280 g/mol. The van der Waals surface area contributed by atoms with Crippen molar-refractivity contribution in [1.82, 2.24) is 5.43 Å². The summed E-state index contributed by atoms with van der Waals surface area (Å²) in [6.45, 7) is 2.23. The van der Waals surface area contributed by atoms with E-state index in [-0.39, 0.29) is 6.04 Å². The van der Waals surface area contributed by atoms with Crippen LogP contribution in [0.3, 0.4) is 0 Å². The molecule has 0 saturated carbocycles. The molecule has 0 amide bonds. The summed E-state index contributed by atoms with van der Waals surface area (Å²) in [7, 11) is 3.29. The minimum absolute atomic E-state index is 0.163. The lowest BCUT2D eigenvalue weighted by atomic mass is 10.00. The van der Waals surface area contributed by atoms with Crippen molar-refractivity contribution in [2.45, 2.75) is 51.5 Å². The van der Waals surface area contributed by atoms with Gasteiger partial charge in [-0.1, -0.05) is 45.1 Å². The first-order valence-corrected chi connectivity index (χ1v) is 7.44. The largest absolute Gasteiger partial charge is 0.493 e. The normalized spacial score (nSPS) is 12.2. The van der Waals surface area contributed by atoms with E-state index in [2.05, 4.69) is 12.3 Å². The van der Waals surface area contributed by atoms with Gasteiger partial charge >= 0.3 is 0 Å². The summed E-state index contributed by atoms with van der Waals surface area (Å²) in [6.07, 6.45) is 7.38. The molecule has 1 atom stereocenters. The van der Waals surface area contributed by atoms with E-state index in [1.54, 1.807) is 14.2 Å². The Morgan fingerprint density at radius 3 is 2.35 bits per heavy atom. The molecule has 1 rings (SSSR count). The van der Waals surface area contributed by atoms with Crippen LogP contribution in [0.15, 0.2) is 18.2 Å². The van der Waals surface area contributed by atoms with Gasteiger partial charge in [0.15, 0.2) is 11.5 Å². The molecule has 0 aromatic heterocycles. The molecule has 0 saturated heterocycles. The Morgan fingerprint density at radius 2 is 1.75 bits per heavy atom. The number of benzene rings is 1. The van der Waals surface area contributed by atoms with Crippen molar-refractivity contribution in [3.05, 3.63) is 23.8 Å². The second-order valence-electron chi connectivity index (χ2n) is 5.04. The first kappa shape index (κ1) is 16.8. The van der Waals surface area contributed by atoms with Gasteiger partial charge in [-0.3, -0.25) is 11.3 Å². The Bertz CT molecular complexity index is 383. The van der Waals surface area contributed by atoms with Crippen molar-refractivity contribution in [2.75, 3.05) is 14.2 Å². The van der Waals surface area contributed by atoms with E-state index in [1.165, 1.54) is 32.1 Å². The number of unbranched alkanes of at least 4 members (excludes halogenated alkanes) is 4. The Hall–Kier alpha value is -1.26. The summed E-state index contributed by atoms with van der Waals surface area (Å²) >= 11 is 0. The van der Waals surface area contributed by atoms with Gasteiger partial charge in [0.05, 0.1) is 14.2 Å². The van der Waals surface area contributed by atoms with Crippen molar-refractivity contribution in [3.63, 3.8) is 0 Å². The van der Waals surface area contributed by atoms with Crippen LogP contribution >= 0.6 is 0 Å². The maximum absolute atomic E-state index is 5.69. The van der Waals surface area contributed by atoms with E-state index in [1.807, 2.05) is 18.2 Å². The molecule has 0 spiro atoms. The number of ether oxygens (including phenoxy) is 2. The van der Waals surface area contributed by atoms with Gasteiger partial charge in [-0.05, 0) is 24.1 Å². The Morgan fingerprint density at radius 1 is 1.05 bits per heavy atom. The van der Waals surface area contributed by atoms with Crippen LogP contribution in [0.2, 0.25) is 0 Å². The van der Waals surface area contributed by atoms with Gasteiger partial charge in [0, 0.05) is 6.04 Å². The van der Waals surface area contributed by atoms with E-state index in [9.17, 15) is 0 Å². The van der Waals surface area contributed by atoms with Crippen molar-refractivity contribution in [3.8, 4) is 11.5 Å². The second kappa shape index (κ2) is 9.61. The molecule has 0 aliphatic rings. The Labute approximate surface area is 122 Å². The summed E-state index contributed by atoms with van der Waals surface area (Å²) in [5, 5.41) is 0. The molecule has 0 bridgehead atoms. The molecule has 1 aromatic carbocycles. The van der Waals surface area contributed by atoms with Crippen molar-refractivity contribution in [1.29, 1.82) is 0 Å². The van der Waals surface area contributed by atoms with Crippen LogP contribution in [-0.2, 0) is 0 Å². The molecule has 20 heavy (non-hydrogen) atoms. The predicted octanol–water partition coefficient (Wildman–Crippen LogP) is 3.57. The second-order valence-corrected chi connectivity index (χ2v) is 5.04. The van der Waals surface area contributed by atoms with Crippen LogP contribution in [0.5, 0.6) is 11.5 Å². The van der Waals surface area contributed by atoms with Crippen LogP contribution in [0, 0.1) is 0 Å². The van der Waals surface area contributed by atoms with Crippen molar-refractivity contribution < 1.29 is 9.47 Å². The fourth-order valence-electron chi connectivity index (χ4n) is 2.37. The van der Waals surface area contributed by atoms with E-state index in [4.69, 9.17) is 15.3 Å². The highest BCUT2D eigenvalue weighted by Crippen LogP contribution is 2.31. The number of nitrogens with two attached hydrogens (primary N) is 1. The summed E-state index contributed by atoms with van der Waals surface area (Å²) in [5.74, 6) is 7.18. The molecule has 4 nitrogen and oxygen atoms in total. The zero-order valence-corrected chi connectivity index (χ0v) is 12.9. The van der Waals surface area contributed by atoms with Crippen molar-refractivity contribution >= 4 is 0 Å². The predicted molar refractivity (Wildman–Crippen MR) is 83.0 cm³/mol. The molecule has 0 aliphatic carbocycles. The number of hydrazine groups is 1. The maximum atomic E-state index is 5.69. The SMILES string of the molecule is CCCCCCCC(NN)c1ccc(OC)c(OC)c1. The number of nitrogens with one attached hydrogen (secondary N) is 1. The lowest BCUT2D eigenvalue weighted by Crippen LogP contribution is -2.28. The highest BCUT2D eigenvalue weighted by atomic mass is 16.5. The van der Waals surface area contributed by atoms with Crippen LogP contribution in [0.25, 0.3) is 0 Å². The van der Waals surface area contributed by atoms with Gasteiger partial charge in [-0.2, -0.15) is 0 Å². The van der Waals surface area contributed by atoms with E-state index >= 15 is 0 Å². The third-order valence-corrected chi connectivity index (χ3v) is 3.61. The minimum atomic E-state index is 0.163. The molecular weight excluding hydrogens is 252 g/mol. The molecule has 1 aromatic rings. The van der Waals surface area contributed by atoms with Crippen LogP contribution in [-0.4, -0.2) is 14.2 Å². The fraction of sp³-hybridized carbons (Fsp3) is 0.625. The number of methoxy groups -OCH3 is 2. The summed E-state index contributed by atoms with van der Waals surface area (Å²) in [5.41, 5.74) is 4.04. The molecule has 0 radical (unpaired) electrons. The smallest absolute Gasteiger partial charge is 0.161 e. The summed E-state index contributed by atoms with van der Waals surface area (Å²) < 4.78 is 10.6. The third-order valence-electron chi connectivity index (χ3n) is 3.61. The van der Waals surface area contributed by atoms with Crippen LogP contribution < -0.4 is 20.7 Å². The van der Waals surface area contributed by atoms with Gasteiger partial charge in [0.1, 0.15) is 0 Å². The molecule has 0 heterocycles. The summed E-state index contributed by atoms with van der Waals surface area (Å²) in [6, 6.07) is 6.12. The highest BCUT2D eigenvalue weighted by molar-refractivity contribution is 5.43. The Kier molecular flexibility index (Phi) is 8.07. The third kappa shape index (κ3) is 5.02. The first-order chi connectivity index (χ1) is 9.76. The number of hydrogen-bond acceptors (Lipinski definition) is 4. The Balaban J connectivity index is 2.60. The quantitative estimate of drug-likeness (QED) is 0.391. The zero-order chi connectivity index (χ0) is 14.8. The first-order valence-electron chi connectivity index (χ1n) is 7.44. The topological polar surface area (TPSA) is 56.5 Å². The van der Waals surface area contributed by atoms with E-state index in [0.29, 0.717) is 0 Å². The molecule has 0 fully saturated rings. The molecule has 3 N–H and O–H groups in total. The minimum Gasteiger partial charge on any atom is -0.493 e. The fourth-order valence-corrected chi connectivity index (χ4v) is 2.37. The molecule has 0 aliphatic heterocycles. The van der Waals surface area contributed by atoms with Gasteiger partial charge in [0.2, 0.25) is 0 Å². The highest BCUT2D eigenvalue weighted by Gasteiger charge is 2.12. The lowest BCUT2D eigenvalue weighted by Gasteiger charge is -2.18. The van der Waals surface area contributed by atoms with Gasteiger partial charge in [0.25, 0.3) is 0 Å². The van der Waals surface area contributed by atoms with Crippen LogP contribution in [0.1, 0.15) is 57.1 Å². The van der Waals surface area contributed by atoms with Gasteiger partial charge < -0.3 is 9.47 Å². The number of rotatable bonds is 10. The van der Waals surface area contributed by atoms with E-state index < -0.39 is 0 Å². The molecule has 1 unspecified atom stereocenters. The maximum Gasteiger partial charge on any atom is 0.161 e. The zero-order valence-electron chi connectivity index (χ0n) is 12.9. The van der Waals surface area contributed by atoms with Gasteiger partial charge in [-0.15, -0.1) is 0 Å². The van der Waals surface area contributed by atoms with Gasteiger partial charge in [-0.25, -0.2) is 0 Å². The lowest BCUT2D eigenvalue weighted by molar-refractivity contribution is 0.353. The average Bonchev–Trinajstić information content (AvgIpc) is 2.50. The average molecular weight is 280 g/mol. The standard InChI is InChI=1S/C16H28N2O2/c1-4-5-6-7-8-9-14(18-17)13-10-11-15(19-2)16(12-13)20-3/h10-12,14,18H,4-9,17H2,1-3H3. The molecule has 4 heteroatoms.